The number of nitrogen functional groups attached to an aromatic ring is 1. The Bertz CT molecular complexity index is 510. The first-order valence-corrected chi connectivity index (χ1v) is 7.26. The maximum atomic E-state index is 12.1. The normalized spacial score (nSPS) is 12.0. The van der Waals surface area contributed by atoms with Crippen LogP contribution in [-0.4, -0.2) is 24.0 Å². The van der Waals surface area contributed by atoms with Crippen molar-refractivity contribution in [3.8, 4) is 0 Å². The van der Waals surface area contributed by atoms with Gasteiger partial charge in [0.1, 0.15) is 0 Å². The maximum Gasteiger partial charge on any atom is 0.339 e. The number of carbonyl (C=O) groups excluding carboxylic acids is 2. The fraction of sp³-hybridized carbons (Fsp3) is 0.500. The van der Waals surface area contributed by atoms with Gasteiger partial charge in [-0.25, -0.2) is 4.79 Å². The molecule has 0 radical (unpaired) electrons. The topological polar surface area (TPSA) is 81.4 Å². The molecule has 0 saturated carbocycles. The first-order valence-electron chi connectivity index (χ1n) is 7.26. The summed E-state index contributed by atoms with van der Waals surface area (Å²) in [5.41, 5.74) is 7.31. The van der Waals surface area contributed by atoms with E-state index in [9.17, 15) is 9.59 Å². The van der Waals surface area contributed by atoms with E-state index in [0.717, 1.165) is 18.4 Å². The molecule has 1 aromatic carbocycles. The summed E-state index contributed by atoms with van der Waals surface area (Å²) in [7, 11) is 0. The lowest BCUT2D eigenvalue weighted by molar-refractivity contribution is -0.129. The van der Waals surface area contributed by atoms with E-state index >= 15 is 0 Å². The standard InChI is InChI=1S/C16H24N2O3/c1-5-13(6-2)18-15(19)11(4)21-16(20)14-9-12(17)8-7-10(14)3/h7-9,11,13H,5-6,17H2,1-4H3,(H,18,19). The van der Waals surface area contributed by atoms with E-state index in [1.54, 1.807) is 32.0 Å². The van der Waals surface area contributed by atoms with Crippen molar-refractivity contribution in [2.45, 2.75) is 52.7 Å². The van der Waals surface area contributed by atoms with Crippen LogP contribution in [0.25, 0.3) is 0 Å². The molecule has 1 amide bonds. The van der Waals surface area contributed by atoms with Gasteiger partial charge in [0, 0.05) is 11.7 Å². The van der Waals surface area contributed by atoms with E-state index in [4.69, 9.17) is 10.5 Å². The molecule has 0 bridgehead atoms. The lowest BCUT2D eigenvalue weighted by Gasteiger charge is -2.19. The van der Waals surface area contributed by atoms with Crippen LogP contribution in [0.1, 0.15) is 49.5 Å². The van der Waals surface area contributed by atoms with Crippen molar-refractivity contribution >= 4 is 17.6 Å². The molecule has 116 valence electrons. The molecule has 5 heteroatoms. The van der Waals surface area contributed by atoms with Gasteiger partial charge in [0.05, 0.1) is 5.56 Å². The number of benzene rings is 1. The van der Waals surface area contributed by atoms with E-state index < -0.39 is 12.1 Å². The molecule has 21 heavy (non-hydrogen) atoms. The zero-order chi connectivity index (χ0) is 16.0. The summed E-state index contributed by atoms with van der Waals surface area (Å²) in [6.45, 7) is 7.37. The summed E-state index contributed by atoms with van der Waals surface area (Å²) >= 11 is 0. The summed E-state index contributed by atoms with van der Waals surface area (Å²) < 4.78 is 5.22. The second kappa shape index (κ2) is 7.67. The summed E-state index contributed by atoms with van der Waals surface area (Å²) in [6.07, 6.45) is 0.855. The van der Waals surface area contributed by atoms with Crippen molar-refractivity contribution in [3.05, 3.63) is 29.3 Å². The zero-order valence-electron chi connectivity index (χ0n) is 13.1. The molecule has 0 aromatic heterocycles. The number of aryl methyl sites for hydroxylation is 1. The lowest BCUT2D eigenvalue weighted by atomic mass is 10.1. The fourth-order valence-corrected chi connectivity index (χ4v) is 1.95. The smallest absolute Gasteiger partial charge is 0.339 e. The van der Waals surface area contributed by atoms with E-state index in [-0.39, 0.29) is 11.9 Å². The number of ether oxygens (including phenoxy) is 1. The average Bonchev–Trinajstić information content (AvgIpc) is 2.46. The van der Waals surface area contributed by atoms with Crippen molar-refractivity contribution < 1.29 is 14.3 Å². The molecule has 0 aliphatic heterocycles. The highest BCUT2D eigenvalue weighted by molar-refractivity contribution is 5.94. The van der Waals surface area contributed by atoms with Gasteiger partial charge in [-0.05, 0) is 44.4 Å². The van der Waals surface area contributed by atoms with E-state index in [1.165, 1.54) is 0 Å². The van der Waals surface area contributed by atoms with Crippen molar-refractivity contribution in [1.29, 1.82) is 0 Å². The summed E-state index contributed by atoms with van der Waals surface area (Å²) in [5, 5.41) is 2.86. The van der Waals surface area contributed by atoms with Gasteiger partial charge in [-0.3, -0.25) is 4.79 Å². The number of carbonyl (C=O) groups is 2. The summed E-state index contributed by atoms with van der Waals surface area (Å²) in [6, 6.07) is 5.13. The molecule has 1 atom stereocenters. The largest absolute Gasteiger partial charge is 0.449 e. The predicted octanol–water partition coefficient (Wildman–Crippen LogP) is 2.43. The van der Waals surface area contributed by atoms with Gasteiger partial charge in [-0.2, -0.15) is 0 Å². The minimum Gasteiger partial charge on any atom is -0.449 e. The number of amides is 1. The molecular weight excluding hydrogens is 268 g/mol. The molecule has 0 saturated heterocycles. The van der Waals surface area contributed by atoms with Gasteiger partial charge in [-0.15, -0.1) is 0 Å². The monoisotopic (exact) mass is 292 g/mol. The highest BCUT2D eigenvalue weighted by Crippen LogP contribution is 2.14. The molecule has 0 fully saturated rings. The molecule has 1 aromatic rings. The Labute approximate surface area is 125 Å². The highest BCUT2D eigenvalue weighted by atomic mass is 16.5. The van der Waals surface area contributed by atoms with E-state index in [0.29, 0.717) is 11.3 Å². The van der Waals surface area contributed by atoms with Gasteiger partial charge < -0.3 is 15.8 Å². The van der Waals surface area contributed by atoms with Crippen LogP contribution in [0.5, 0.6) is 0 Å². The number of anilines is 1. The van der Waals surface area contributed by atoms with Crippen molar-refractivity contribution in [2.75, 3.05) is 5.73 Å². The Morgan fingerprint density at radius 3 is 2.48 bits per heavy atom. The molecule has 3 N–H and O–H groups in total. The number of rotatable bonds is 6. The number of hydrogen-bond acceptors (Lipinski definition) is 4. The van der Waals surface area contributed by atoms with Crippen LogP contribution in [-0.2, 0) is 9.53 Å². The van der Waals surface area contributed by atoms with E-state index in [1.807, 2.05) is 13.8 Å². The van der Waals surface area contributed by atoms with Gasteiger partial charge >= 0.3 is 5.97 Å². The second-order valence-corrected chi connectivity index (χ2v) is 5.14. The van der Waals surface area contributed by atoms with Gasteiger partial charge in [0.25, 0.3) is 5.91 Å². The minimum atomic E-state index is -0.834. The summed E-state index contributed by atoms with van der Waals surface area (Å²) in [5.74, 6) is -0.814. The SMILES string of the molecule is CCC(CC)NC(=O)C(C)OC(=O)c1cc(N)ccc1C. The Morgan fingerprint density at radius 2 is 1.90 bits per heavy atom. The molecule has 0 aliphatic carbocycles. The van der Waals surface area contributed by atoms with Crippen molar-refractivity contribution in [2.24, 2.45) is 0 Å². The number of esters is 1. The molecule has 1 rings (SSSR count). The zero-order valence-corrected chi connectivity index (χ0v) is 13.1. The Hall–Kier alpha value is -2.04. The third-order valence-electron chi connectivity index (χ3n) is 3.47. The molecule has 0 aliphatic rings. The second-order valence-electron chi connectivity index (χ2n) is 5.14. The molecule has 0 heterocycles. The van der Waals surface area contributed by atoms with Crippen molar-refractivity contribution in [1.82, 2.24) is 5.32 Å². The lowest BCUT2D eigenvalue weighted by Crippen LogP contribution is -2.41. The van der Waals surface area contributed by atoms with Crippen LogP contribution in [0.4, 0.5) is 5.69 Å². The van der Waals surface area contributed by atoms with Crippen LogP contribution >= 0.6 is 0 Å². The van der Waals surface area contributed by atoms with Crippen LogP contribution in [0.2, 0.25) is 0 Å². The Balaban J connectivity index is 2.69. The Kier molecular flexibility index (Phi) is 6.21. The van der Waals surface area contributed by atoms with Crippen LogP contribution in [0, 0.1) is 6.92 Å². The predicted molar refractivity (Wildman–Crippen MR) is 83.0 cm³/mol. The molecule has 0 spiro atoms. The maximum absolute atomic E-state index is 12.1. The third kappa shape index (κ3) is 4.77. The van der Waals surface area contributed by atoms with Gasteiger partial charge in [0.2, 0.25) is 0 Å². The van der Waals surface area contributed by atoms with Gasteiger partial charge in [0.15, 0.2) is 6.10 Å². The average molecular weight is 292 g/mol. The first-order chi connectivity index (χ1) is 9.88. The van der Waals surface area contributed by atoms with Crippen LogP contribution in [0.15, 0.2) is 18.2 Å². The number of nitrogens with two attached hydrogens (primary N) is 1. The first kappa shape index (κ1) is 17.0. The minimum absolute atomic E-state index is 0.104. The van der Waals surface area contributed by atoms with Crippen LogP contribution < -0.4 is 11.1 Å². The third-order valence-corrected chi connectivity index (χ3v) is 3.47. The fourth-order valence-electron chi connectivity index (χ4n) is 1.95. The highest BCUT2D eigenvalue weighted by Gasteiger charge is 2.21. The number of nitrogens with one attached hydrogen (secondary N) is 1. The molecule has 5 nitrogen and oxygen atoms in total. The van der Waals surface area contributed by atoms with Crippen LogP contribution in [0.3, 0.4) is 0 Å². The number of hydrogen-bond donors (Lipinski definition) is 2. The van der Waals surface area contributed by atoms with Crippen molar-refractivity contribution in [3.63, 3.8) is 0 Å². The van der Waals surface area contributed by atoms with E-state index in [2.05, 4.69) is 5.32 Å². The summed E-state index contributed by atoms with van der Waals surface area (Å²) in [4.78, 5) is 24.1. The molecule has 1 unspecified atom stereocenters. The quantitative estimate of drug-likeness (QED) is 0.623. The van der Waals surface area contributed by atoms with Gasteiger partial charge in [-0.1, -0.05) is 19.9 Å². The molecular formula is C16H24N2O3. The Morgan fingerprint density at radius 1 is 1.29 bits per heavy atom.